The van der Waals surface area contributed by atoms with Gasteiger partial charge < -0.3 is 36.8 Å². The van der Waals surface area contributed by atoms with Crippen molar-refractivity contribution in [3.63, 3.8) is 0 Å². The van der Waals surface area contributed by atoms with Crippen LogP contribution in [0.5, 0.6) is 0 Å². The molecule has 1 aliphatic carbocycles. The fourth-order valence-corrected chi connectivity index (χ4v) is 6.83. The van der Waals surface area contributed by atoms with E-state index in [-0.39, 0.29) is 24.8 Å². The molecule has 3 heterocycles. The van der Waals surface area contributed by atoms with E-state index in [2.05, 4.69) is 36.9 Å². The van der Waals surface area contributed by atoms with Crippen molar-refractivity contribution in [2.24, 2.45) is 11.3 Å². The summed E-state index contributed by atoms with van der Waals surface area (Å²) in [6, 6.07) is -0.302. The molecule has 0 aromatic carbocycles. The summed E-state index contributed by atoms with van der Waals surface area (Å²) in [5, 5.41) is 17.4. The second-order valence-corrected chi connectivity index (χ2v) is 14.5. The van der Waals surface area contributed by atoms with Gasteiger partial charge >= 0.3 is 0 Å². The van der Waals surface area contributed by atoms with Crippen LogP contribution in [0.2, 0.25) is 0 Å². The molecule has 1 saturated carbocycles. The van der Waals surface area contributed by atoms with Gasteiger partial charge in [0.05, 0.1) is 6.04 Å². The largest absolute Gasteiger partial charge is 0.387 e. The average Bonchev–Trinajstić information content (AvgIpc) is 3.62. The maximum Gasteiger partial charge on any atom is 0.289 e. The van der Waals surface area contributed by atoms with Crippen LogP contribution in [0.15, 0.2) is 36.4 Å². The normalized spacial score (nSPS) is 19.8. The molecular weight excluding hydrogens is 640 g/mol. The van der Waals surface area contributed by atoms with Crippen molar-refractivity contribution in [3.05, 3.63) is 42.0 Å². The number of ketones is 1. The number of nitrogens with one attached hydrogen (secondary N) is 6. The van der Waals surface area contributed by atoms with Crippen molar-refractivity contribution in [2.75, 3.05) is 19.6 Å². The van der Waals surface area contributed by atoms with Gasteiger partial charge in [-0.3, -0.25) is 33.8 Å². The van der Waals surface area contributed by atoms with Crippen molar-refractivity contribution in [1.29, 1.82) is 0 Å². The number of nitrogens with zero attached hydrogens (tertiary/aromatic N) is 2. The third-order valence-corrected chi connectivity index (χ3v) is 9.64. The zero-order valence-electron chi connectivity index (χ0n) is 29.8. The molecule has 2 aliphatic heterocycles. The van der Waals surface area contributed by atoms with Crippen LogP contribution in [0.1, 0.15) is 91.0 Å². The minimum Gasteiger partial charge on any atom is -0.387 e. The Kier molecular flexibility index (Phi) is 13.8. The Morgan fingerprint density at radius 2 is 1.66 bits per heavy atom. The Morgan fingerprint density at radius 3 is 2.30 bits per heavy atom. The van der Waals surface area contributed by atoms with Gasteiger partial charge in [0, 0.05) is 44.8 Å². The number of carbonyl (C=O) groups excluding carboxylic acids is 6. The van der Waals surface area contributed by atoms with Gasteiger partial charge in [-0.25, -0.2) is 0 Å². The molecule has 0 spiro atoms. The first-order valence-corrected chi connectivity index (χ1v) is 18.0. The van der Waals surface area contributed by atoms with Crippen LogP contribution >= 0.6 is 0 Å². The summed E-state index contributed by atoms with van der Waals surface area (Å²) in [5.74, 6) is -3.39. The lowest BCUT2D eigenvalue weighted by Gasteiger charge is -2.37. The van der Waals surface area contributed by atoms with Crippen LogP contribution in [0.3, 0.4) is 0 Å². The van der Waals surface area contributed by atoms with Crippen LogP contribution in [0.4, 0.5) is 0 Å². The average molecular weight is 695 g/mol. The standard InChI is InChI=1S/C36H54N8O6/c1-5-10-25(29(45)34(49)40-21-23-14-16-37-17-15-23)41-32(47)27-13-9-20-44(27)35(50)30(36(2,3)4)43-33(48)28(24-11-7-6-8-12-24)42-31(46)26-22-38-18-19-39-26/h14-17,22,24-25,27-28,30,38-39H,5-13,18-21H2,1-4H3,(H,40,49)(H,41,47)(H,42,46)(H,43,48)/t25-,27-,28-,30+/m0/s1. The quantitative estimate of drug-likeness (QED) is 0.155. The summed E-state index contributed by atoms with van der Waals surface area (Å²) in [5.41, 5.74) is 0.397. The predicted molar refractivity (Wildman–Crippen MR) is 187 cm³/mol. The monoisotopic (exact) mass is 694 g/mol. The molecular formula is C36H54N8O6. The summed E-state index contributed by atoms with van der Waals surface area (Å²) < 4.78 is 0. The van der Waals surface area contributed by atoms with E-state index in [0.29, 0.717) is 44.6 Å². The number of likely N-dealkylation sites (tertiary alicyclic amines) is 1. The van der Waals surface area contributed by atoms with E-state index in [0.717, 1.165) is 37.7 Å². The number of amides is 5. The van der Waals surface area contributed by atoms with Gasteiger partial charge in [-0.15, -0.1) is 0 Å². The molecule has 14 heteroatoms. The highest BCUT2D eigenvalue weighted by atomic mass is 16.2. The number of rotatable bonds is 14. The first-order chi connectivity index (χ1) is 23.9. The van der Waals surface area contributed by atoms with Crippen LogP contribution in [-0.4, -0.2) is 89.0 Å². The van der Waals surface area contributed by atoms with E-state index < -0.39 is 59.0 Å². The maximum atomic E-state index is 14.3. The number of hydrogen-bond acceptors (Lipinski definition) is 9. The van der Waals surface area contributed by atoms with Gasteiger partial charge in [0.1, 0.15) is 23.8 Å². The number of hydrogen-bond donors (Lipinski definition) is 6. The fourth-order valence-electron chi connectivity index (χ4n) is 6.83. The number of pyridine rings is 1. The van der Waals surface area contributed by atoms with Gasteiger partial charge in [-0.05, 0) is 61.1 Å². The lowest BCUT2D eigenvalue weighted by atomic mass is 9.82. The Balaban J connectivity index is 1.45. The van der Waals surface area contributed by atoms with E-state index >= 15 is 0 Å². The Labute approximate surface area is 294 Å². The highest BCUT2D eigenvalue weighted by Crippen LogP contribution is 2.29. The Morgan fingerprint density at radius 1 is 0.940 bits per heavy atom. The van der Waals surface area contributed by atoms with Crippen molar-refractivity contribution in [1.82, 2.24) is 41.8 Å². The smallest absolute Gasteiger partial charge is 0.289 e. The third-order valence-electron chi connectivity index (χ3n) is 9.64. The first-order valence-electron chi connectivity index (χ1n) is 18.0. The van der Waals surface area contributed by atoms with Gasteiger partial charge in [0.15, 0.2) is 0 Å². The third kappa shape index (κ3) is 10.3. The van der Waals surface area contributed by atoms with Crippen molar-refractivity contribution >= 4 is 35.3 Å². The highest BCUT2D eigenvalue weighted by Gasteiger charge is 2.44. The van der Waals surface area contributed by atoms with E-state index in [9.17, 15) is 28.8 Å². The summed E-state index contributed by atoms with van der Waals surface area (Å²) in [6.45, 7) is 9.10. The summed E-state index contributed by atoms with van der Waals surface area (Å²) in [6.07, 6.45) is 11.0. The number of Topliss-reactive ketones (excluding diaryl/α,β-unsaturated/α-hetero) is 1. The summed E-state index contributed by atoms with van der Waals surface area (Å²) >= 11 is 0. The van der Waals surface area contributed by atoms with Crippen LogP contribution < -0.4 is 31.9 Å². The van der Waals surface area contributed by atoms with Gasteiger partial charge in [-0.1, -0.05) is 53.4 Å². The van der Waals surface area contributed by atoms with E-state index in [4.69, 9.17) is 0 Å². The summed E-state index contributed by atoms with van der Waals surface area (Å²) in [4.78, 5) is 86.5. The topological polar surface area (TPSA) is 191 Å². The minimum atomic E-state index is -1.05. The highest BCUT2D eigenvalue weighted by molar-refractivity contribution is 6.38. The van der Waals surface area contributed by atoms with E-state index in [1.807, 2.05) is 27.7 Å². The molecule has 5 amide bonds. The number of aromatic nitrogens is 1. The second kappa shape index (κ2) is 18.0. The van der Waals surface area contributed by atoms with Crippen molar-refractivity contribution in [3.8, 4) is 0 Å². The molecule has 1 aromatic rings. The number of carbonyl (C=O) groups is 6. The molecule has 2 fully saturated rings. The lowest BCUT2D eigenvalue weighted by Crippen LogP contribution is -2.62. The molecule has 0 unspecified atom stereocenters. The van der Waals surface area contributed by atoms with Gasteiger partial charge in [-0.2, -0.15) is 0 Å². The molecule has 4 rings (SSSR count). The molecule has 1 saturated heterocycles. The molecule has 14 nitrogen and oxygen atoms in total. The van der Waals surface area contributed by atoms with Gasteiger partial charge in [0.25, 0.3) is 11.8 Å². The fraction of sp³-hybridized carbons (Fsp3) is 0.639. The molecule has 50 heavy (non-hydrogen) atoms. The molecule has 274 valence electrons. The van der Waals surface area contributed by atoms with Gasteiger partial charge in [0.2, 0.25) is 23.5 Å². The predicted octanol–water partition coefficient (Wildman–Crippen LogP) is 1.17. The molecule has 4 atom stereocenters. The molecule has 6 N–H and O–H groups in total. The molecule has 0 radical (unpaired) electrons. The zero-order valence-corrected chi connectivity index (χ0v) is 29.8. The summed E-state index contributed by atoms with van der Waals surface area (Å²) in [7, 11) is 0. The van der Waals surface area contributed by atoms with Crippen LogP contribution in [0.25, 0.3) is 0 Å². The lowest BCUT2D eigenvalue weighted by molar-refractivity contribution is -0.145. The van der Waals surface area contributed by atoms with E-state index in [1.165, 1.54) is 4.90 Å². The Bertz CT molecular complexity index is 1400. The first kappa shape index (κ1) is 38.3. The van der Waals surface area contributed by atoms with Crippen LogP contribution in [0, 0.1) is 11.3 Å². The van der Waals surface area contributed by atoms with Crippen LogP contribution in [-0.2, 0) is 35.3 Å². The Hall–Kier alpha value is -4.49. The maximum absolute atomic E-state index is 14.3. The second-order valence-electron chi connectivity index (χ2n) is 14.5. The minimum absolute atomic E-state index is 0.0826. The SMILES string of the molecule is CCC[C@H](NC(=O)[C@@H]1CCCN1C(=O)[C@@H](NC(=O)[C@@H](NC(=O)C1=CNCCN1)C1CCCCC1)C(C)(C)C)C(=O)C(=O)NCc1ccncc1. The molecule has 3 aliphatic rings. The van der Waals surface area contributed by atoms with Crippen molar-refractivity contribution < 1.29 is 28.8 Å². The zero-order chi connectivity index (χ0) is 36.3. The van der Waals surface area contributed by atoms with E-state index in [1.54, 1.807) is 30.7 Å². The van der Waals surface area contributed by atoms with Crippen molar-refractivity contribution in [2.45, 2.75) is 116 Å². The molecule has 1 aromatic heterocycles. The molecule has 0 bridgehead atoms.